The van der Waals surface area contributed by atoms with Gasteiger partial charge in [-0.2, -0.15) is 5.21 Å². The van der Waals surface area contributed by atoms with E-state index >= 15 is 0 Å². The van der Waals surface area contributed by atoms with Crippen LogP contribution in [0.2, 0.25) is 0 Å². The standard InChI is InChI=1S/C9H8N4O/c1-6-2-3-7(4-8(6)5-14)9-10-12-13-11-9/h2-5H,1H3,(H,10,11,12,13). The van der Waals surface area contributed by atoms with Gasteiger partial charge in [0.25, 0.3) is 0 Å². The Hall–Kier alpha value is -2.04. The molecule has 1 heterocycles. The van der Waals surface area contributed by atoms with Gasteiger partial charge in [-0.25, -0.2) is 0 Å². The number of hydrogen-bond acceptors (Lipinski definition) is 4. The maximum atomic E-state index is 10.7. The third-order valence-corrected chi connectivity index (χ3v) is 2.01. The summed E-state index contributed by atoms with van der Waals surface area (Å²) in [7, 11) is 0. The van der Waals surface area contributed by atoms with Crippen molar-refractivity contribution >= 4 is 6.29 Å². The van der Waals surface area contributed by atoms with Crippen molar-refractivity contribution < 1.29 is 4.79 Å². The van der Waals surface area contributed by atoms with Gasteiger partial charge in [-0.3, -0.25) is 4.79 Å². The molecule has 0 saturated heterocycles. The molecular weight excluding hydrogens is 180 g/mol. The average molecular weight is 188 g/mol. The van der Waals surface area contributed by atoms with E-state index in [4.69, 9.17) is 0 Å². The van der Waals surface area contributed by atoms with Crippen LogP contribution in [0, 0.1) is 6.92 Å². The van der Waals surface area contributed by atoms with Crippen LogP contribution in [0.4, 0.5) is 0 Å². The molecule has 1 aromatic carbocycles. The summed E-state index contributed by atoms with van der Waals surface area (Å²) < 4.78 is 0. The van der Waals surface area contributed by atoms with E-state index in [1.807, 2.05) is 19.1 Å². The number of carbonyl (C=O) groups is 1. The van der Waals surface area contributed by atoms with Gasteiger partial charge in [0.2, 0.25) is 5.82 Å². The van der Waals surface area contributed by atoms with E-state index in [-0.39, 0.29) is 0 Å². The van der Waals surface area contributed by atoms with Crippen molar-refractivity contribution in [1.82, 2.24) is 20.6 Å². The van der Waals surface area contributed by atoms with Gasteiger partial charge in [0.15, 0.2) is 0 Å². The predicted molar refractivity (Wildman–Crippen MR) is 49.7 cm³/mol. The van der Waals surface area contributed by atoms with Crippen LogP contribution in [0.5, 0.6) is 0 Å². The van der Waals surface area contributed by atoms with Crippen LogP contribution < -0.4 is 0 Å². The lowest BCUT2D eigenvalue weighted by molar-refractivity contribution is 0.112. The van der Waals surface area contributed by atoms with Crippen molar-refractivity contribution in [2.24, 2.45) is 0 Å². The zero-order valence-electron chi connectivity index (χ0n) is 7.56. The molecule has 2 rings (SSSR count). The number of nitrogens with zero attached hydrogens (tertiary/aromatic N) is 3. The summed E-state index contributed by atoms with van der Waals surface area (Å²) >= 11 is 0. The van der Waals surface area contributed by atoms with Gasteiger partial charge in [0.05, 0.1) is 0 Å². The van der Waals surface area contributed by atoms with Gasteiger partial charge >= 0.3 is 0 Å². The molecule has 0 saturated carbocycles. The topological polar surface area (TPSA) is 71.5 Å². The number of aldehydes is 1. The summed E-state index contributed by atoms with van der Waals surface area (Å²) in [6.45, 7) is 1.88. The normalized spacial score (nSPS) is 10.1. The van der Waals surface area contributed by atoms with E-state index in [9.17, 15) is 4.79 Å². The maximum Gasteiger partial charge on any atom is 0.204 e. The van der Waals surface area contributed by atoms with Gasteiger partial charge in [-0.1, -0.05) is 12.1 Å². The van der Waals surface area contributed by atoms with Crippen molar-refractivity contribution in [2.75, 3.05) is 0 Å². The first-order chi connectivity index (χ1) is 6.81. The number of aromatic nitrogens is 4. The lowest BCUT2D eigenvalue weighted by atomic mass is 10.1. The molecule has 14 heavy (non-hydrogen) atoms. The van der Waals surface area contributed by atoms with Crippen LogP contribution in [-0.4, -0.2) is 26.9 Å². The van der Waals surface area contributed by atoms with Crippen molar-refractivity contribution in [3.63, 3.8) is 0 Å². The van der Waals surface area contributed by atoms with E-state index in [0.29, 0.717) is 11.4 Å². The van der Waals surface area contributed by atoms with E-state index in [1.165, 1.54) is 0 Å². The number of aromatic amines is 1. The van der Waals surface area contributed by atoms with Gasteiger partial charge in [0.1, 0.15) is 6.29 Å². The third kappa shape index (κ3) is 1.39. The first kappa shape index (κ1) is 8.55. The molecule has 2 aromatic rings. The zero-order valence-corrected chi connectivity index (χ0v) is 7.56. The number of nitrogens with one attached hydrogen (secondary N) is 1. The van der Waals surface area contributed by atoms with Crippen LogP contribution >= 0.6 is 0 Å². The molecule has 0 aliphatic heterocycles. The van der Waals surface area contributed by atoms with Crippen molar-refractivity contribution in [3.8, 4) is 11.4 Å². The number of carbonyl (C=O) groups excluding carboxylic acids is 1. The van der Waals surface area contributed by atoms with Gasteiger partial charge in [0, 0.05) is 11.1 Å². The van der Waals surface area contributed by atoms with Gasteiger partial charge in [-0.05, 0) is 23.8 Å². The number of aryl methyl sites for hydroxylation is 1. The molecule has 1 aromatic heterocycles. The molecule has 5 nitrogen and oxygen atoms in total. The SMILES string of the molecule is Cc1ccc(-c2nn[nH]n2)cc1C=O. The minimum atomic E-state index is 0.494. The van der Waals surface area contributed by atoms with E-state index in [0.717, 1.165) is 17.4 Å². The average Bonchev–Trinajstić information content (AvgIpc) is 2.71. The van der Waals surface area contributed by atoms with Crippen molar-refractivity contribution in [3.05, 3.63) is 29.3 Å². The fourth-order valence-electron chi connectivity index (χ4n) is 1.19. The predicted octanol–water partition coefficient (Wildman–Crippen LogP) is 0.988. The summed E-state index contributed by atoms with van der Waals surface area (Å²) in [5.74, 6) is 0.494. The molecule has 0 bridgehead atoms. The first-order valence-electron chi connectivity index (χ1n) is 4.11. The molecule has 0 fully saturated rings. The summed E-state index contributed by atoms with van der Waals surface area (Å²) in [6, 6.07) is 5.45. The summed E-state index contributed by atoms with van der Waals surface area (Å²) in [5, 5.41) is 13.5. The second kappa shape index (κ2) is 3.37. The van der Waals surface area contributed by atoms with Crippen LogP contribution in [0.1, 0.15) is 15.9 Å². The lowest BCUT2D eigenvalue weighted by Gasteiger charge is -1.99. The Morgan fingerprint density at radius 2 is 2.29 bits per heavy atom. The molecule has 0 atom stereocenters. The fraction of sp³-hybridized carbons (Fsp3) is 0.111. The van der Waals surface area contributed by atoms with Crippen LogP contribution in [-0.2, 0) is 0 Å². The van der Waals surface area contributed by atoms with Gasteiger partial charge < -0.3 is 0 Å². The number of hydrogen-bond donors (Lipinski definition) is 1. The second-order valence-corrected chi connectivity index (χ2v) is 2.92. The molecule has 0 spiro atoms. The zero-order chi connectivity index (χ0) is 9.97. The number of benzene rings is 1. The number of tetrazole rings is 1. The molecule has 0 aliphatic rings. The highest BCUT2D eigenvalue weighted by Crippen LogP contribution is 2.16. The Bertz CT molecular complexity index is 450. The third-order valence-electron chi connectivity index (χ3n) is 2.01. The van der Waals surface area contributed by atoms with Crippen LogP contribution in [0.3, 0.4) is 0 Å². The monoisotopic (exact) mass is 188 g/mol. The highest BCUT2D eigenvalue weighted by molar-refractivity contribution is 5.79. The Morgan fingerprint density at radius 1 is 1.43 bits per heavy atom. The summed E-state index contributed by atoms with van der Waals surface area (Å²) in [6.07, 6.45) is 0.818. The quantitative estimate of drug-likeness (QED) is 0.713. The maximum absolute atomic E-state index is 10.7. The Labute approximate surface area is 80.2 Å². The Kier molecular flexibility index (Phi) is 2.06. The smallest absolute Gasteiger partial charge is 0.204 e. The molecule has 0 aliphatic carbocycles. The first-order valence-corrected chi connectivity index (χ1v) is 4.11. The molecule has 1 N–H and O–H groups in total. The molecule has 5 heteroatoms. The number of H-pyrrole nitrogens is 1. The van der Waals surface area contributed by atoms with E-state index in [1.54, 1.807) is 6.07 Å². The van der Waals surface area contributed by atoms with Crippen molar-refractivity contribution in [2.45, 2.75) is 6.92 Å². The number of rotatable bonds is 2. The summed E-state index contributed by atoms with van der Waals surface area (Å²) in [4.78, 5) is 10.7. The molecule has 0 radical (unpaired) electrons. The van der Waals surface area contributed by atoms with Gasteiger partial charge in [-0.15, -0.1) is 10.2 Å². The molecule has 0 amide bonds. The molecule has 70 valence electrons. The largest absolute Gasteiger partial charge is 0.298 e. The van der Waals surface area contributed by atoms with Crippen molar-refractivity contribution in [1.29, 1.82) is 0 Å². The minimum Gasteiger partial charge on any atom is -0.298 e. The minimum absolute atomic E-state index is 0.494. The Balaban J connectivity index is 2.51. The fourth-order valence-corrected chi connectivity index (χ4v) is 1.19. The highest BCUT2D eigenvalue weighted by atomic mass is 16.1. The highest BCUT2D eigenvalue weighted by Gasteiger charge is 2.04. The summed E-state index contributed by atoms with van der Waals surface area (Å²) in [5.41, 5.74) is 2.37. The molecular formula is C9H8N4O. The van der Waals surface area contributed by atoms with E-state index < -0.39 is 0 Å². The Morgan fingerprint density at radius 3 is 2.93 bits per heavy atom. The lowest BCUT2D eigenvalue weighted by Crippen LogP contribution is -1.88. The molecule has 0 unspecified atom stereocenters. The van der Waals surface area contributed by atoms with Crippen LogP contribution in [0.25, 0.3) is 11.4 Å². The second-order valence-electron chi connectivity index (χ2n) is 2.92. The van der Waals surface area contributed by atoms with Crippen LogP contribution in [0.15, 0.2) is 18.2 Å². The van der Waals surface area contributed by atoms with E-state index in [2.05, 4.69) is 20.6 Å².